The Labute approximate surface area is 123 Å². The number of benzene rings is 1. The number of nitrogens with zero attached hydrogens (tertiary/aromatic N) is 2. The van der Waals surface area contributed by atoms with Crippen LogP contribution >= 0.6 is 23.2 Å². The number of carbonyl (C=O) groups is 1. The summed E-state index contributed by atoms with van der Waals surface area (Å²) in [5.41, 5.74) is 1.64. The first-order chi connectivity index (χ1) is 8.90. The zero-order chi connectivity index (χ0) is 14.2. The molecule has 0 saturated carbocycles. The van der Waals surface area contributed by atoms with Gasteiger partial charge in [-0.3, -0.25) is 4.79 Å². The molecular weight excluding hydrogens is 285 g/mol. The molecule has 4 nitrogen and oxygen atoms in total. The number of fused-ring (bicyclic) bond motifs is 1. The summed E-state index contributed by atoms with van der Waals surface area (Å²) in [7, 11) is 3.96. The van der Waals surface area contributed by atoms with Crippen LogP contribution in [0.25, 0.3) is 0 Å². The molecule has 0 aliphatic carbocycles. The second-order valence-corrected chi connectivity index (χ2v) is 5.76. The Kier molecular flexibility index (Phi) is 4.23. The molecule has 1 aromatic carbocycles. The third-order valence-corrected chi connectivity index (χ3v) is 3.83. The fourth-order valence-corrected chi connectivity index (χ4v) is 2.37. The molecule has 1 heterocycles. The van der Waals surface area contributed by atoms with E-state index >= 15 is 0 Å². The van der Waals surface area contributed by atoms with Gasteiger partial charge in [-0.1, -0.05) is 23.2 Å². The number of hydrogen-bond acceptors (Lipinski definition) is 3. The summed E-state index contributed by atoms with van der Waals surface area (Å²) in [5.74, 6) is 0.0488. The van der Waals surface area contributed by atoms with E-state index in [1.165, 1.54) is 0 Å². The van der Waals surface area contributed by atoms with Crippen LogP contribution in [0.1, 0.15) is 6.92 Å². The van der Waals surface area contributed by atoms with Crippen LogP contribution in [0.2, 0.25) is 10.0 Å². The molecule has 19 heavy (non-hydrogen) atoms. The van der Waals surface area contributed by atoms with Crippen molar-refractivity contribution in [3.63, 3.8) is 0 Å². The molecule has 1 aliphatic rings. The van der Waals surface area contributed by atoms with Crippen LogP contribution in [-0.4, -0.2) is 44.0 Å². The van der Waals surface area contributed by atoms with Crippen LogP contribution in [0.3, 0.4) is 0 Å². The van der Waals surface area contributed by atoms with Gasteiger partial charge in [0.1, 0.15) is 6.04 Å². The molecule has 0 saturated heterocycles. The number of nitrogens with one attached hydrogen (secondary N) is 1. The zero-order valence-electron chi connectivity index (χ0n) is 11.2. The molecule has 104 valence electrons. The SMILES string of the molecule is CC1Nc2cc(Cl)c(Cl)cc2N(CCN(C)C)C1=O. The number of likely N-dealkylation sites (N-methyl/N-ethyl adjacent to an activating group) is 1. The minimum Gasteiger partial charge on any atom is -0.372 e. The molecule has 0 aromatic heterocycles. The highest BCUT2D eigenvalue weighted by atomic mass is 35.5. The molecule has 0 fully saturated rings. The van der Waals surface area contributed by atoms with Crippen LogP contribution in [0.5, 0.6) is 0 Å². The van der Waals surface area contributed by atoms with Gasteiger partial charge in [0.15, 0.2) is 0 Å². The van der Waals surface area contributed by atoms with E-state index < -0.39 is 0 Å². The molecule has 1 N–H and O–H groups in total. The van der Waals surface area contributed by atoms with E-state index in [1.807, 2.05) is 25.9 Å². The van der Waals surface area contributed by atoms with Crippen molar-refractivity contribution in [3.05, 3.63) is 22.2 Å². The fraction of sp³-hybridized carbons (Fsp3) is 0.462. The molecule has 0 bridgehead atoms. The lowest BCUT2D eigenvalue weighted by atomic mass is 10.1. The molecule has 1 aliphatic heterocycles. The lowest BCUT2D eigenvalue weighted by Crippen LogP contribution is -2.47. The quantitative estimate of drug-likeness (QED) is 0.932. The largest absolute Gasteiger partial charge is 0.372 e. The molecule has 0 radical (unpaired) electrons. The van der Waals surface area contributed by atoms with Crippen molar-refractivity contribution in [2.24, 2.45) is 0 Å². The summed E-state index contributed by atoms with van der Waals surface area (Å²) in [6, 6.07) is 3.25. The van der Waals surface area contributed by atoms with Crippen molar-refractivity contribution in [3.8, 4) is 0 Å². The molecule has 0 spiro atoms. The maximum Gasteiger partial charge on any atom is 0.249 e. The molecule has 1 unspecified atom stereocenters. The van der Waals surface area contributed by atoms with E-state index in [2.05, 4.69) is 5.32 Å². The average Bonchev–Trinajstić information content (AvgIpc) is 2.32. The summed E-state index contributed by atoms with van der Waals surface area (Å²) < 4.78 is 0. The van der Waals surface area contributed by atoms with E-state index in [9.17, 15) is 4.79 Å². The van der Waals surface area contributed by atoms with E-state index in [4.69, 9.17) is 23.2 Å². The molecular formula is C13H17Cl2N3O. The Morgan fingerprint density at radius 1 is 1.32 bits per heavy atom. The number of amides is 1. The van der Waals surface area contributed by atoms with Crippen molar-refractivity contribution in [1.29, 1.82) is 0 Å². The fourth-order valence-electron chi connectivity index (χ4n) is 2.05. The minimum absolute atomic E-state index is 0.0488. The van der Waals surface area contributed by atoms with E-state index in [-0.39, 0.29) is 11.9 Å². The first kappa shape index (κ1) is 14.4. The van der Waals surface area contributed by atoms with Gasteiger partial charge >= 0.3 is 0 Å². The Morgan fingerprint density at radius 3 is 2.58 bits per heavy atom. The standard InChI is InChI=1S/C13H17Cl2N3O/c1-8-13(19)18(5-4-17(2)3)12-7-10(15)9(14)6-11(12)16-8/h6-8,16H,4-5H2,1-3H3. The predicted molar refractivity (Wildman–Crippen MR) is 80.5 cm³/mol. The van der Waals surface area contributed by atoms with Gasteiger partial charge in [-0.2, -0.15) is 0 Å². The Bertz CT molecular complexity index is 505. The van der Waals surface area contributed by atoms with Gasteiger partial charge in [-0.05, 0) is 33.2 Å². The number of rotatable bonds is 3. The van der Waals surface area contributed by atoms with Crippen LogP contribution in [0, 0.1) is 0 Å². The third kappa shape index (κ3) is 2.96. The van der Waals surface area contributed by atoms with Crippen LogP contribution in [0.15, 0.2) is 12.1 Å². The van der Waals surface area contributed by atoms with Gasteiger partial charge < -0.3 is 15.1 Å². The smallest absolute Gasteiger partial charge is 0.249 e. The second kappa shape index (κ2) is 5.57. The maximum atomic E-state index is 12.3. The molecule has 1 amide bonds. The molecule has 1 aromatic rings. The van der Waals surface area contributed by atoms with Gasteiger partial charge in [0.05, 0.1) is 21.4 Å². The number of hydrogen-bond donors (Lipinski definition) is 1. The topological polar surface area (TPSA) is 35.6 Å². The number of halogens is 2. The van der Waals surface area contributed by atoms with E-state index in [0.29, 0.717) is 16.6 Å². The third-order valence-electron chi connectivity index (χ3n) is 3.11. The lowest BCUT2D eigenvalue weighted by molar-refractivity contribution is -0.119. The van der Waals surface area contributed by atoms with Crippen molar-refractivity contribution in [1.82, 2.24) is 4.90 Å². The van der Waals surface area contributed by atoms with Gasteiger partial charge in [-0.15, -0.1) is 0 Å². The highest BCUT2D eigenvalue weighted by Crippen LogP contribution is 2.37. The van der Waals surface area contributed by atoms with Gasteiger partial charge in [0, 0.05) is 13.1 Å². The summed E-state index contributed by atoms with van der Waals surface area (Å²) in [6.07, 6.45) is 0. The summed E-state index contributed by atoms with van der Waals surface area (Å²) in [5, 5.41) is 4.09. The Morgan fingerprint density at radius 2 is 1.95 bits per heavy atom. The van der Waals surface area contributed by atoms with Crippen molar-refractivity contribution < 1.29 is 4.79 Å². The predicted octanol–water partition coefficient (Wildman–Crippen LogP) is 2.70. The first-order valence-electron chi connectivity index (χ1n) is 6.12. The molecule has 1 atom stereocenters. The Balaban J connectivity index is 2.37. The second-order valence-electron chi connectivity index (χ2n) is 4.94. The van der Waals surface area contributed by atoms with Crippen LogP contribution in [0.4, 0.5) is 11.4 Å². The van der Waals surface area contributed by atoms with Gasteiger partial charge in [-0.25, -0.2) is 0 Å². The summed E-state index contributed by atoms with van der Waals surface area (Å²) in [6.45, 7) is 3.26. The zero-order valence-corrected chi connectivity index (χ0v) is 12.7. The van der Waals surface area contributed by atoms with Crippen molar-refractivity contribution in [2.45, 2.75) is 13.0 Å². The summed E-state index contributed by atoms with van der Waals surface area (Å²) >= 11 is 12.1. The highest BCUT2D eigenvalue weighted by molar-refractivity contribution is 6.42. The average molecular weight is 302 g/mol. The normalized spacial score (nSPS) is 18.5. The van der Waals surface area contributed by atoms with Crippen molar-refractivity contribution >= 4 is 40.5 Å². The van der Waals surface area contributed by atoms with E-state index in [1.54, 1.807) is 17.0 Å². The molecule has 6 heteroatoms. The highest BCUT2D eigenvalue weighted by Gasteiger charge is 2.30. The molecule has 2 rings (SSSR count). The van der Waals surface area contributed by atoms with Crippen molar-refractivity contribution in [2.75, 3.05) is 37.4 Å². The van der Waals surface area contributed by atoms with Gasteiger partial charge in [0.25, 0.3) is 0 Å². The van der Waals surface area contributed by atoms with Crippen LogP contribution in [-0.2, 0) is 4.79 Å². The number of carbonyl (C=O) groups excluding carboxylic acids is 1. The maximum absolute atomic E-state index is 12.3. The first-order valence-corrected chi connectivity index (χ1v) is 6.87. The Hall–Kier alpha value is -0.970. The van der Waals surface area contributed by atoms with Gasteiger partial charge in [0.2, 0.25) is 5.91 Å². The lowest BCUT2D eigenvalue weighted by Gasteiger charge is -2.34. The minimum atomic E-state index is -0.257. The summed E-state index contributed by atoms with van der Waals surface area (Å²) in [4.78, 5) is 16.1. The number of anilines is 2. The van der Waals surface area contributed by atoms with Crippen LogP contribution < -0.4 is 10.2 Å². The monoisotopic (exact) mass is 301 g/mol. The van der Waals surface area contributed by atoms with E-state index in [0.717, 1.165) is 17.9 Å².